The third kappa shape index (κ3) is 4.23. The van der Waals surface area contributed by atoms with Crippen LogP contribution in [-0.4, -0.2) is 9.91 Å². The van der Waals surface area contributed by atoms with Crippen LogP contribution in [0.3, 0.4) is 0 Å². The first kappa shape index (κ1) is 12.8. The Bertz CT molecular complexity index is 565. The highest BCUT2D eigenvalue weighted by Crippen LogP contribution is 2.11. The summed E-state index contributed by atoms with van der Waals surface area (Å²) >= 11 is 0. The standard InChI is InChI=1S/C14H12N2O3/c17-16(18)9-8-12-6-7-14(15-10-12)19-11-13-4-2-1-3-5-13/h1-10H,11H2/b9-8+. The molecule has 96 valence electrons. The molecule has 1 heterocycles. The summed E-state index contributed by atoms with van der Waals surface area (Å²) in [6.45, 7) is 0.442. The lowest BCUT2D eigenvalue weighted by Gasteiger charge is -2.04. The number of pyridine rings is 1. The number of hydrogen-bond acceptors (Lipinski definition) is 4. The molecule has 0 aliphatic rings. The molecule has 0 N–H and O–H groups in total. The summed E-state index contributed by atoms with van der Waals surface area (Å²) in [7, 11) is 0. The largest absolute Gasteiger partial charge is 0.473 e. The van der Waals surface area contributed by atoms with E-state index in [-0.39, 0.29) is 0 Å². The van der Waals surface area contributed by atoms with Crippen LogP contribution in [0.4, 0.5) is 0 Å². The third-order valence-electron chi connectivity index (χ3n) is 2.38. The minimum absolute atomic E-state index is 0.442. The third-order valence-corrected chi connectivity index (χ3v) is 2.38. The monoisotopic (exact) mass is 256 g/mol. The Labute approximate surface area is 110 Å². The summed E-state index contributed by atoms with van der Waals surface area (Å²) in [5, 5.41) is 10.2. The zero-order valence-electron chi connectivity index (χ0n) is 10.1. The van der Waals surface area contributed by atoms with Gasteiger partial charge in [-0.1, -0.05) is 30.3 Å². The first-order valence-electron chi connectivity index (χ1n) is 5.68. The molecule has 0 amide bonds. The fourth-order valence-electron chi connectivity index (χ4n) is 1.45. The number of benzene rings is 1. The van der Waals surface area contributed by atoms with E-state index in [9.17, 15) is 10.1 Å². The topological polar surface area (TPSA) is 65.3 Å². The maximum atomic E-state index is 10.2. The molecule has 0 saturated heterocycles. The van der Waals surface area contributed by atoms with Crippen molar-refractivity contribution < 1.29 is 9.66 Å². The molecule has 1 aromatic heterocycles. The maximum absolute atomic E-state index is 10.2. The molecule has 0 atom stereocenters. The Hall–Kier alpha value is -2.69. The minimum atomic E-state index is -0.514. The summed E-state index contributed by atoms with van der Waals surface area (Å²) < 4.78 is 5.50. The van der Waals surface area contributed by atoms with Crippen LogP contribution in [0.1, 0.15) is 11.1 Å². The van der Waals surface area contributed by atoms with Gasteiger partial charge in [0, 0.05) is 18.3 Å². The van der Waals surface area contributed by atoms with Crippen molar-refractivity contribution in [2.45, 2.75) is 6.61 Å². The van der Waals surface area contributed by atoms with Gasteiger partial charge in [-0.25, -0.2) is 4.98 Å². The molecule has 1 aromatic carbocycles. The van der Waals surface area contributed by atoms with Gasteiger partial charge in [-0.3, -0.25) is 10.1 Å². The molecule has 19 heavy (non-hydrogen) atoms. The molecular formula is C14H12N2O3. The van der Waals surface area contributed by atoms with Crippen LogP contribution in [-0.2, 0) is 6.61 Å². The summed E-state index contributed by atoms with van der Waals surface area (Å²) in [5.41, 5.74) is 1.71. The van der Waals surface area contributed by atoms with E-state index >= 15 is 0 Å². The molecule has 5 nitrogen and oxygen atoms in total. The highest BCUT2D eigenvalue weighted by Gasteiger charge is 1.97. The van der Waals surface area contributed by atoms with Gasteiger partial charge < -0.3 is 4.74 Å². The van der Waals surface area contributed by atoms with Crippen molar-refractivity contribution in [2.75, 3.05) is 0 Å². The molecule has 0 bridgehead atoms. The molecule has 5 heteroatoms. The lowest BCUT2D eigenvalue weighted by atomic mass is 10.2. The molecule has 2 aromatic rings. The number of nitrogens with zero attached hydrogens (tertiary/aromatic N) is 2. The predicted molar refractivity (Wildman–Crippen MR) is 71.0 cm³/mol. The van der Waals surface area contributed by atoms with Crippen molar-refractivity contribution in [1.82, 2.24) is 4.98 Å². The Balaban J connectivity index is 1.94. The minimum Gasteiger partial charge on any atom is -0.473 e. The average Bonchev–Trinajstić information content (AvgIpc) is 2.45. The maximum Gasteiger partial charge on any atom is 0.235 e. The number of hydrogen-bond donors (Lipinski definition) is 0. The van der Waals surface area contributed by atoms with E-state index in [0.717, 1.165) is 11.8 Å². The van der Waals surface area contributed by atoms with Crippen LogP contribution in [0.2, 0.25) is 0 Å². The summed E-state index contributed by atoms with van der Waals surface area (Å²) in [6.07, 6.45) is 3.79. The normalized spacial score (nSPS) is 10.5. The van der Waals surface area contributed by atoms with E-state index in [1.807, 2.05) is 30.3 Å². The van der Waals surface area contributed by atoms with Crippen LogP contribution in [0.15, 0.2) is 54.9 Å². The van der Waals surface area contributed by atoms with E-state index in [4.69, 9.17) is 4.74 Å². The van der Waals surface area contributed by atoms with Gasteiger partial charge in [0.2, 0.25) is 12.1 Å². The fraction of sp³-hybridized carbons (Fsp3) is 0.0714. The molecular weight excluding hydrogens is 244 g/mol. The van der Waals surface area contributed by atoms with E-state index in [1.54, 1.807) is 12.1 Å². The van der Waals surface area contributed by atoms with E-state index in [2.05, 4.69) is 4.98 Å². The second-order valence-electron chi connectivity index (χ2n) is 3.81. The molecule has 0 spiro atoms. The molecule has 0 radical (unpaired) electrons. The molecule has 2 rings (SSSR count). The van der Waals surface area contributed by atoms with Crippen molar-refractivity contribution in [3.8, 4) is 5.88 Å². The van der Waals surface area contributed by atoms with Crippen molar-refractivity contribution >= 4 is 6.08 Å². The second kappa shape index (κ2) is 6.30. The molecule has 0 aliphatic carbocycles. The average molecular weight is 256 g/mol. The quantitative estimate of drug-likeness (QED) is 0.609. The van der Waals surface area contributed by atoms with Crippen LogP contribution in [0.25, 0.3) is 6.08 Å². The van der Waals surface area contributed by atoms with Crippen LogP contribution in [0, 0.1) is 10.1 Å². The zero-order valence-corrected chi connectivity index (χ0v) is 10.1. The SMILES string of the molecule is O=[N+]([O-])/C=C/c1ccc(OCc2ccccc2)nc1. The van der Waals surface area contributed by atoms with Gasteiger partial charge in [0.05, 0.1) is 4.92 Å². The van der Waals surface area contributed by atoms with Gasteiger partial charge in [0.1, 0.15) is 6.61 Å². The smallest absolute Gasteiger partial charge is 0.235 e. The first-order valence-corrected chi connectivity index (χ1v) is 5.68. The second-order valence-corrected chi connectivity index (χ2v) is 3.81. The van der Waals surface area contributed by atoms with Crippen molar-refractivity contribution in [1.29, 1.82) is 0 Å². The number of ether oxygens (including phenoxy) is 1. The number of nitro groups is 1. The lowest BCUT2D eigenvalue weighted by molar-refractivity contribution is -0.400. The number of aromatic nitrogens is 1. The highest BCUT2D eigenvalue weighted by molar-refractivity contribution is 5.46. The summed E-state index contributed by atoms with van der Waals surface area (Å²) in [5.74, 6) is 0.488. The van der Waals surface area contributed by atoms with E-state index in [0.29, 0.717) is 18.1 Å². The Morgan fingerprint density at radius 2 is 2.00 bits per heavy atom. The van der Waals surface area contributed by atoms with Gasteiger partial charge in [-0.15, -0.1) is 0 Å². The van der Waals surface area contributed by atoms with Crippen molar-refractivity contribution in [3.63, 3.8) is 0 Å². The Morgan fingerprint density at radius 3 is 2.63 bits per heavy atom. The van der Waals surface area contributed by atoms with Crippen molar-refractivity contribution in [3.05, 3.63) is 76.1 Å². The number of rotatable bonds is 5. The van der Waals surface area contributed by atoms with E-state index < -0.39 is 4.92 Å². The molecule has 0 aliphatic heterocycles. The van der Waals surface area contributed by atoms with Crippen LogP contribution in [0.5, 0.6) is 5.88 Å². The fourth-order valence-corrected chi connectivity index (χ4v) is 1.45. The molecule has 0 fully saturated rings. The Morgan fingerprint density at radius 1 is 1.21 bits per heavy atom. The van der Waals surface area contributed by atoms with Gasteiger partial charge in [0.25, 0.3) is 0 Å². The van der Waals surface area contributed by atoms with Gasteiger partial charge in [-0.05, 0) is 17.2 Å². The van der Waals surface area contributed by atoms with E-state index in [1.165, 1.54) is 12.3 Å². The Kier molecular flexibility index (Phi) is 4.23. The van der Waals surface area contributed by atoms with Gasteiger partial charge in [-0.2, -0.15) is 0 Å². The first-order chi connectivity index (χ1) is 9.24. The van der Waals surface area contributed by atoms with Gasteiger partial charge >= 0.3 is 0 Å². The lowest BCUT2D eigenvalue weighted by Crippen LogP contribution is -1.96. The highest BCUT2D eigenvalue weighted by atomic mass is 16.6. The zero-order chi connectivity index (χ0) is 13.5. The summed E-state index contributed by atoms with van der Waals surface area (Å²) in [4.78, 5) is 13.7. The predicted octanol–water partition coefficient (Wildman–Crippen LogP) is 2.91. The van der Waals surface area contributed by atoms with Crippen LogP contribution >= 0.6 is 0 Å². The molecule has 0 saturated carbocycles. The van der Waals surface area contributed by atoms with Gasteiger partial charge in [0.15, 0.2) is 0 Å². The molecule has 0 unspecified atom stereocenters. The van der Waals surface area contributed by atoms with Crippen molar-refractivity contribution in [2.24, 2.45) is 0 Å². The van der Waals surface area contributed by atoms with Crippen LogP contribution < -0.4 is 4.74 Å². The summed E-state index contributed by atoms with van der Waals surface area (Å²) in [6, 6.07) is 13.2.